The molecule has 0 saturated heterocycles. The predicted octanol–water partition coefficient (Wildman–Crippen LogP) is 14.6. The Morgan fingerprint density at radius 3 is 1.46 bits per heavy atom. The van der Waals surface area contributed by atoms with Gasteiger partial charge in [-0.1, -0.05) is 182 Å². The van der Waals surface area contributed by atoms with E-state index in [1.165, 1.54) is 98.7 Å². The summed E-state index contributed by atoms with van der Waals surface area (Å²) in [5.41, 5.74) is 12.3. The van der Waals surface area contributed by atoms with Gasteiger partial charge < -0.3 is 0 Å². The van der Waals surface area contributed by atoms with E-state index in [2.05, 4.69) is 206 Å². The largest absolute Gasteiger partial charge is 0.0622 e. The quantitative estimate of drug-likeness (QED) is 0.161. The molecule has 0 aliphatic carbocycles. The van der Waals surface area contributed by atoms with E-state index in [4.69, 9.17) is 0 Å². The molecule has 242 valence electrons. The lowest BCUT2D eigenvalue weighted by Gasteiger charge is -2.20. The summed E-state index contributed by atoms with van der Waals surface area (Å²) in [5, 5.41) is 10.0. The maximum absolute atomic E-state index is 2.41. The van der Waals surface area contributed by atoms with Gasteiger partial charge in [0.25, 0.3) is 0 Å². The number of hydrogen-bond donors (Lipinski definition) is 0. The first kappa shape index (κ1) is 30.1. The van der Waals surface area contributed by atoms with Gasteiger partial charge in [0.05, 0.1) is 0 Å². The summed E-state index contributed by atoms with van der Waals surface area (Å²) in [6, 6.07) is 75.7. The van der Waals surface area contributed by atoms with Gasteiger partial charge in [-0.15, -0.1) is 0 Å². The Bertz CT molecular complexity index is 2940. The van der Waals surface area contributed by atoms with Crippen molar-refractivity contribution < 1.29 is 0 Å². The third-order valence-electron chi connectivity index (χ3n) is 10.6. The zero-order valence-corrected chi connectivity index (χ0v) is 28.6. The van der Waals surface area contributed by atoms with Gasteiger partial charge in [0.1, 0.15) is 0 Å². The van der Waals surface area contributed by atoms with Crippen LogP contribution in [0.4, 0.5) is 0 Å². The Hall–Kier alpha value is -6.76. The van der Waals surface area contributed by atoms with Crippen LogP contribution in [0.3, 0.4) is 0 Å². The highest BCUT2D eigenvalue weighted by molar-refractivity contribution is 6.22. The minimum absolute atomic E-state index is 1.21. The molecule has 0 saturated carbocycles. The van der Waals surface area contributed by atoms with Gasteiger partial charge in [0.2, 0.25) is 0 Å². The standard InChI is InChI=1S/C52H34/c1-2-13-35(14-3-1)41-29-30-49-50(34-41)52(43-21-10-19-39(32-43)40-28-27-36-15-4-5-17-38(36)31-40)48-25-9-8-24-47(48)51(49)44-22-11-20-42(33-44)46-26-12-18-37-16-6-7-23-45(37)46/h1-34H. The molecule has 0 heteroatoms. The first-order chi connectivity index (χ1) is 25.8. The zero-order valence-electron chi connectivity index (χ0n) is 28.6. The van der Waals surface area contributed by atoms with E-state index in [0.717, 1.165) is 0 Å². The molecule has 0 atom stereocenters. The molecule has 0 amide bonds. The Morgan fingerprint density at radius 1 is 0.192 bits per heavy atom. The summed E-state index contributed by atoms with van der Waals surface area (Å²) >= 11 is 0. The van der Waals surface area contributed by atoms with Crippen molar-refractivity contribution in [2.45, 2.75) is 0 Å². The van der Waals surface area contributed by atoms with E-state index in [1.54, 1.807) is 0 Å². The van der Waals surface area contributed by atoms with Crippen LogP contribution < -0.4 is 0 Å². The molecule has 0 fully saturated rings. The number of rotatable bonds is 5. The average Bonchev–Trinajstić information content (AvgIpc) is 3.22. The normalized spacial score (nSPS) is 11.5. The smallest absolute Gasteiger partial charge is 0.00259 e. The molecule has 0 N–H and O–H groups in total. The maximum Gasteiger partial charge on any atom is -0.00259 e. The molecule has 0 aliphatic heterocycles. The first-order valence-electron chi connectivity index (χ1n) is 18.0. The fourth-order valence-corrected chi connectivity index (χ4v) is 8.15. The Kier molecular flexibility index (Phi) is 7.25. The Morgan fingerprint density at radius 2 is 0.673 bits per heavy atom. The summed E-state index contributed by atoms with van der Waals surface area (Å²) in [4.78, 5) is 0. The molecule has 0 heterocycles. The molecular weight excluding hydrogens is 625 g/mol. The first-order valence-corrected chi connectivity index (χ1v) is 18.0. The third kappa shape index (κ3) is 5.16. The van der Waals surface area contributed by atoms with Gasteiger partial charge in [0.15, 0.2) is 0 Å². The molecular formula is C52H34. The van der Waals surface area contributed by atoms with Crippen LogP contribution in [0.2, 0.25) is 0 Å². The van der Waals surface area contributed by atoms with Gasteiger partial charge in [-0.25, -0.2) is 0 Å². The van der Waals surface area contributed by atoms with Crippen molar-refractivity contribution in [3.63, 3.8) is 0 Å². The Balaban J connectivity index is 1.24. The van der Waals surface area contributed by atoms with Crippen LogP contribution in [-0.2, 0) is 0 Å². The van der Waals surface area contributed by atoms with Crippen LogP contribution in [-0.4, -0.2) is 0 Å². The molecule has 0 aliphatic rings. The van der Waals surface area contributed by atoms with E-state index >= 15 is 0 Å². The lowest BCUT2D eigenvalue weighted by molar-refractivity contribution is 1.61. The average molecular weight is 659 g/mol. The summed E-state index contributed by atoms with van der Waals surface area (Å²) in [6.07, 6.45) is 0. The molecule has 52 heavy (non-hydrogen) atoms. The maximum atomic E-state index is 2.41. The second-order valence-electron chi connectivity index (χ2n) is 13.7. The summed E-state index contributed by atoms with van der Waals surface area (Å²) < 4.78 is 0. The minimum Gasteiger partial charge on any atom is -0.0622 e. The minimum atomic E-state index is 1.21. The van der Waals surface area contributed by atoms with E-state index in [0.29, 0.717) is 0 Å². The van der Waals surface area contributed by atoms with Crippen molar-refractivity contribution in [3.05, 3.63) is 206 Å². The highest BCUT2D eigenvalue weighted by Crippen LogP contribution is 2.46. The van der Waals surface area contributed by atoms with Crippen LogP contribution >= 0.6 is 0 Å². The van der Waals surface area contributed by atoms with E-state index < -0.39 is 0 Å². The van der Waals surface area contributed by atoms with Crippen LogP contribution in [0.25, 0.3) is 98.7 Å². The highest BCUT2D eigenvalue weighted by Gasteiger charge is 2.19. The Labute approximate surface area is 303 Å². The van der Waals surface area contributed by atoms with Crippen molar-refractivity contribution in [3.8, 4) is 55.6 Å². The molecule has 0 nitrogen and oxygen atoms in total. The molecule has 0 aromatic heterocycles. The SMILES string of the molecule is c1ccc(-c2ccc3c(-c4cccc(-c5cccc6ccccc56)c4)c4ccccc4c(-c4cccc(-c5ccc6ccccc6c5)c4)c3c2)cc1. The summed E-state index contributed by atoms with van der Waals surface area (Å²) in [5.74, 6) is 0. The van der Waals surface area contributed by atoms with Crippen molar-refractivity contribution in [1.29, 1.82) is 0 Å². The second kappa shape index (κ2) is 12.5. The van der Waals surface area contributed by atoms with E-state index in [1.807, 2.05) is 0 Å². The lowest BCUT2D eigenvalue weighted by Crippen LogP contribution is -1.92. The molecule has 10 rings (SSSR count). The molecule has 0 unspecified atom stereocenters. The monoisotopic (exact) mass is 658 g/mol. The van der Waals surface area contributed by atoms with Crippen LogP contribution in [0.15, 0.2) is 206 Å². The third-order valence-corrected chi connectivity index (χ3v) is 10.6. The van der Waals surface area contributed by atoms with Gasteiger partial charge in [-0.2, -0.15) is 0 Å². The van der Waals surface area contributed by atoms with Crippen molar-refractivity contribution in [1.82, 2.24) is 0 Å². The van der Waals surface area contributed by atoms with Crippen LogP contribution in [0.5, 0.6) is 0 Å². The number of benzene rings is 10. The topological polar surface area (TPSA) is 0 Å². The molecule has 0 radical (unpaired) electrons. The summed E-state index contributed by atoms with van der Waals surface area (Å²) in [7, 11) is 0. The van der Waals surface area contributed by atoms with Crippen LogP contribution in [0.1, 0.15) is 0 Å². The van der Waals surface area contributed by atoms with E-state index in [9.17, 15) is 0 Å². The number of fused-ring (bicyclic) bond motifs is 4. The van der Waals surface area contributed by atoms with Crippen LogP contribution in [0, 0.1) is 0 Å². The fraction of sp³-hybridized carbons (Fsp3) is 0. The van der Waals surface area contributed by atoms with Crippen molar-refractivity contribution in [2.75, 3.05) is 0 Å². The molecule has 10 aromatic carbocycles. The fourth-order valence-electron chi connectivity index (χ4n) is 8.15. The molecule has 10 aromatic rings. The lowest BCUT2D eigenvalue weighted by atomic mass is 9.83. The molecule has 0 spiro atoms. The number of hydrogen-bond acceptors (Lipinski definition) is 0. The van der Waals surface area contributed by atoms with Crippen molar-refractivity contribution >= 4 is 43.1 Å². The zero-order chi connectivity index (χ0) is 34.4. The van der Waals surface area contributed by atoms with Gasteiger partial charge in [-0.3, -0.25) is 0 Å². The van der Waals surface area contributed by atoms with Gasteiger partial charge in [-0.05, 0) is 123 Å². The predicted molar refractivity (Wildman–Crippen MR) is 224 cm³/mol. The second-order valence-corrected chi connectivity index (χ2v) is 13.7. The molecule has 0 bridgehead atoms. The van der Waals surface area contributed by atoms with Gasteiger partial charge >= 0.3 is 0 Å². The van der Waals surface area contributed by atoms with Crippen molar-refractivity contribution in [2.24, 2.45) is 0 Å². The summed E-state index contributed by atoms with van der Waals surface area (Å²) in [6.45, 7) is 0. The highest BCUT2D eigenvalue weighted by atomic mass is 14.2. The van der Waals surface area contributed by atoms with Gasteiger partial charge in [0, 0.05) is 0 Å². The van der Waals surface area contributed by atoms with E-state index in [-0.39, 0.29) is 0 Å².